The minimum absolute atomic E-state index is 0.0823. The van der Waals surface area contributed by atoms with Gasteiger partial charge in [-0.25, -0.2) is 18.5 Å². The molecule has 0 amide bonds. The summed E-state index contributed by atoms with van der Waals surface area (Å²) in [7, 11) is -3.67. The smallest absolute Gasteiger partial charge is 0.238 e. The maximum absolute atomic E-state index is 11.2. The summed E-state index contributed by atoms with van der Waals surface area (Å²) >= 11 is 4.90. The standard InChI is InChI=1S/C11H12BrN3O2S2/c1-7-11(18-6-15-7)5-14-10-3-2-8(4-9(10)12)19(13,16)17/h2-4,6,14H,5H2,1H3,(H2,13,16,17). The van der Waals surface area contributed by atoms with Crippen molar-refractivity contribution in [1.29, 1.82) is 0 Å². The molecule has 1 aromatic heterocycles. The summed E-state index contributed by atoms with van der Waals surface area (Å²) in [5.74, 6) is 0. The number of rotatable bonds is 4. The molecule has 2 rings (SSSR count). The number of aryl methyl sites for hydroxylation is 1. The molecule has 0 saturated heterocycles. The molecule has 0 atom stereocenters. The van der Waals surface area contributed by atoms with E-state index in [1.54, 1.807) is 22.9 Å². The van der Waals surface area contributed by atoms with Crippen LogP contribution in [0.15, 0.2) is 33.1 Å². The summed E-state index contributed by atoms with van der Waals surface area (Å²) in [5, 5.41) is 8.29. The Morgan fingerprint density at radius 3 is 2.74 bits per heavy atom. The first-order chi connectivity index (χ1) is 8.88. The van der Waals surface area contributed by atoms with Crippen molar-refractivity contribution in [2.24, 2.45) is 5.14 Å². The Bertz CT molecular complexity index is 698. The van der Waals surface area contributed by atoms with Gasteiger partial charge >= 0.3 is 0 Å². The molecule has 0 saturated carbocycles. The van der Waals surface area contributed by atoms with Crippen molar-refractivity contribution in [1.82, 2.24) is 4.98 Å². The molecular weight excluding hydrogens is 350 g/mol. The van der Waals surface area contributed by atoms with E-state index >= 15 is 0 Å². The Kier molecular flexibility index (Phi) is 4.24. The summed E-state index contributed by atoms with van der Waals surface area (Å²) in [6.45, 7) is 2.59. The summed E-state index contributed by atoms with van der Waals surface area (Å²) < 4.78 is 23.1. The van der Waals surface area contributed by atoms with E-state index in [0.717, 1.165) is 16.3 Å². The Morgan fingerprint density at radius 1 is 1.47 bits per heavy atom. The Labute approximate surface area is 124 Å². The number of hydrogen-bond donors (Lipinski definition) is 2. The van der Waals surface area contributed by atoms with Gasteiger partial charge in [0, 0.05) is 15.0 Å². The molecule has 0 radical (unpaired) electrons. The zero-order valence-corrected chi connectivity index (χ0v) is 13.3. The van der Waals surface area contributed by atoms with E-state index in [0.29, 0.717) is 11.0 Å². The van der Waals surface area contributed by atoms with Gasteiger partial charge in [-0.1, -0.05) is 0 Å². The largest absolute Gasteiger partial charge is 0.379 e. The van der Waals surface area contributed by atoms with E-state index in [1.165, 1.54) is 12.1 Å². The lowest BCUT2D eigenvalue weighted by Crippen LogP contribution is -2.12. The molecule has 0 bridgehead atoms. The lowest BCUT2D eigenvalue weighted by atomic mass is 10.3. The highest BCUT2D eigenvalue weighted by Crippen LogP contribution is 2.26. The molecule has 3 N–H and O–H groups in total. The highest BCUT2D eigenvalue weighted by Gasteiger charge is 2.10. The van der Waals surface area contributed by atoms with Crippen LogP contribution in [0.5, 0.6) is 0 Å². The molecule has 0 unspecified atom stereocenters. The second-order valence-electron chi connectivity index (χ2n) is 3.90. The van der Waals surface area contributed by atoms with Gasteiger partial charge in [-0.15, -0.1) is 11.3 Å². The number of hydrogen-bond acceptors (Lipinski definition) is 5. The van der Waals surface area contributed by atoms with Gasteiger partial charge in [0.2, 0.25) is 10.0 Å². The molecule has 1 heterocycles. The van der Waals surface area contributed by atoms with Crippen LogP contribution in [0.1, 0.15) is 10.6 Å². The molecule has 2 aromatic rings. The average Bonchev–Trinajstić information content (AvgIpc) is 2.72. The maximum Gasteiger partial charge on any atom is 0.238 e. The number of primary sulfonamides is 1. The topological polar surface area (TPSA) is 85.1 Å². The van der Waals surface area contributed by atoms with Gasteiger partial charge in [-0.3, -0.25) is 0 Å². The number of benzene rings is 1. The number of thiazole rings is 1. The number of sulfonamides is 1. The van der Waals surface area contributed by atoms with Crippen molar-refractivity contribution in [2.45, 2.75) is 18.4 Å². The molecular formula is C11H12BrN3O2S2. The third-order valence-corrected chi connectivity index (χ3v) is 5.06. The molecule has 19 heavy (non-hydrogen) atoms. The van der Waals surface area contributed by atoms with E-state index in [-0.39, 0.29) is 4.90 Å². The SMILES string of the molecule is Cc1ncsc1CNc1ccc(S(N)(=O)=O)cc1Br. The van der Waals surface area contributed by atoms with Gasteiger partial charge in [-0.2, -0.15) is 0 Å². The first-order valence-corrected chi connectivity index (χ1v) is 8.55. The zero-order chi connectivity index (χ0) is 14.0. The Hall–Kier alpha value is -0.960. The third-order valence-electron chi connectivity index (χ3n) is 2.55. The van der Waals surface area contributed by atoms with Gasteiger partial charge in [0.05, 0.1) is 22.6 Å². The number of anilines is 1. The highest BCUT2D eigenvalue weighted by molar-refractivity contribution is 9.10. The van der Waals surface area contributed by atoms with E-state index in [2.05, 4.69) is 26.2 Å². The first-order valence-electron chi connectivity index (χ1n) is 5.33. The van der Waals surface area contributed by atoms with Crippen LogP contribution < -0.4 is 10.5 Å². The monoisotopic (exact) mass is 361 g/mol. The van der Waals surface area contributed by atoms with Crippen LogP contribution in [0.25, 0.3) is 0 Å². The van der Waals surface area contributed by atoms with Crippen LogP contribution in [-0.4, -0.2) is 13.4 Å². The van der Waals surface area contributed by atoms with Crippen LogP contribution in [0.4, 0.5) is 5.69 Å². The summed E-state index contributed by atoms with van der Waals surface area (Å²) in [5.41, 5.74) is 3.60. The van der Waals surface area contributed by atoms with Crippen molar-refractivity contribution in [3.8, 4) is 0 Å². The third kappa shape index (κ3) is 3.53. The van der Waals surface area contributed by atoms with Crippen molar-refractivity contribution in [2.75, 3.05) is 5.32 Å². The Morgan fingerprint density at radius 2 is 2.21 bits per heavy atom. The van der Waals surface area contributed by atoms with Crippen molar-refractivity contribution in [3.05, 3.63) is 38.8 Å². The fourth-order valence-electron chi connectivity index (χ4n) is 1.49. The number of aromatic nitrogens is 1. The second-order valence-corrected chi connectivity index (χ2v) is 7.26. The minimum Gasteiger partial charge on any atom is -0.379 e. The number of nitrogens with one attached hydrogen (secondary N) is 1. The van der Waals surface area contributed by atoms with Gasteiger partial charge in [-0.05, 0) is 41.1 Å². The van der Waals surface area contributed by atoms with Crippen LogP contribution in [0, 0.1) is 6.92 Å². The molecule has 102 valence electrons. The number of nitrogens with two attached hydrogens (primary N) is 1. The van der Waals surface area contributed by atoms with Crippen LogP contribution in [0.2, 0.25) is 0 Å². The van der Waals surface area contributed by atoms with Gasteiger partial charge in [0.15, 0.2) is 0 Å². The first kappa shape index (κ1) is 14.4. The zero-order valence-electron chi connectivity index (χ0n) is 10.1. The van der Waals surface area contributed by atoms with E-state index < -0.39 is 10.0 Å². The van der Waals surface area contributed by atoms with Crippen LogP contribution >= 0.6 is 27.3 Å². The molecule has 0 spiro atoms. The maximum atomic E-state index is 11.2. The quantitative estimate of drug-likeness (QED) is 0.875. The second kappa shape index (κ2) is 5.58. The summed E-state index contributed by atoms with van der Waals surface area (Å²) in [6, 6.07) is 4.64. The highest BCUT2D eigenvalue weighted by atomic mass is 79.9. The van der Waals surface area contributed by atoms with E-state index in [1.807, 2.05) is 6.92 Å². The lowest BCUT2D eigenvalue weighted by molar-refractivity contribution is 0.598. The average molecular weight is 362 g/mol. The van der Waals surface area contributed by atoms with E-state index in [4.69, 9.17) is 5.14 Å². The van der Waals surface area contributed by atoms with Gasteiger partial charge in [0.1, 0.15) is 0 Å². The van der Waals surface area contributed by atoms with E-state index in [9.17, 15) is 8.42 Å². The summed E-state index contributed by atoms with van der Waals surface area (Å²) in [4.78, 5) is 5.39. The molecule has 5 nitrogen and oxygen atoms in total. The van der Waals surface area contributed by atoms with Crippen molar-refractivity contribution < 1.29 is 8.42 Å². The molecule has 8 heteroatoms. The predicted octanol–water partition coefficient (Wildman–Crippen LogP) is 2.47. The molecule has 0 fully saturated rings. The molecule has 0 aliphatic carbocycles. The Balaban J connectivity index is 2.16. The van der Waals surface area contributed by atoms with Crippen LogP contribution in [0.3, 0.4) is 0 Å². The lowest BCUT2D eigenvalue weighted by Gasteiger charge is -2.09. The normalized spacial score (nSPS) is 11.5. The van der Waals surface area contributed by atoms with Crippen LogP contribution in [-0.2, 0) is 16.6 Å². The molecule has 0 aliphatic rings. The summed E-state index contributed by atoms with van der Waals surface area (Å²) in [6.07, 6.45) is 0. The molecule has 0 aliphatic heterocycles. The fraction of sp³-hybridized carbons (Fsp3) is 0.182. The predicted molar refractivity (Wildman–Crippen MR) is 79.7 cm³/mol. The molecule has 1 aromatic carbocycles. The van der Waals surface area contributed by atoms with Crippen molar-refractivity contribution in [3.63, 3.8) is 0 Å². The fourth-order valence-corrected chi connectivity index (χ4v) is 3.41. The van der Waals surface area contributed by atoms with Gasteiger partial charge in [0.25, 0.3) is 0 Å². The van der Waals surface area contributed by atoms with Gasteiger partial charge < -0.3 is 5.32 Å². The number of halogens is 1. The minimum atomic E-state index is -3.67. The number of nitrogens with zero attached hydrogens (tertiary/aromatic N) is 1. The van der Waals surface area contributed by atoms with Crippen molar-refractivity contribution >= 4 is 43.0 Å².